The second kappa shape index (κ2) is 4.49. The molecular weight excluding hydrogens is 274 g/mol. The molecule has 3 rings (SSSR count). The lowest BCUT2D eigenvalue weighted by molar-refractivity contribution is 0.448. The first-order valence-electron chi connectivity index (χ1n) is 6.44. The van der Waals surface area contributed by atoms with Crippen molar-refractivity contribution in [3.8, 4) is 0 Å². The van der Waals surface area contributed by atoms with Crippen molar-refractivity contribution in [1.82, 2.24) is 0 Å². The van der Waals surface area contributed by atoms with Gasteiger partial charge in [0.2, 0.25) is 0 Å². The Hall–Kier alpha value is -0.760. The lowest BCUT2D eigenvalue weighted by Gasteiger charge is -2.21. The van der Waals surface area contributed by atoms with Gasteiger partial charge in [0.1, 0.15) is 0 Å². The lowest BCUT2D eigenvalue weighted by Crippen LogP contribution is -2.09. The van der Waals surface area contributed by atoms with Crippen molar-refractivity contribution in [1.29, 1.82) is 0 Å². The number of hydrogen-bond acceptors (Lipinski definition) is 1. The summed E-state index contributed by atoms with van der Waals surface area (Å²) in [5.41, 5.74) is 2.65. The Morgan fingerprint density at radius 1 is 1.18 bits per heavy atom. The standard InChI is InChI=1S/C15H18BrN/c1-17-12-7-5-10(6-8-12)15-13-4-2-3-11(13)9-14(15)16/h5-9,11,13,15,17H,2-4H2,1H3. The first-order chi connectivity index (χ1) is 8.29. The van der Waals surface area contributed by atoms with E-state index < -0.39 is 0 Å². The molecular formula is C15H18BrN. The van der Waals surface area contributed by atoms with Gasteiger partial charge in [0.15, 0.2) is 0 Å². The van der Waals surface area contributed by atoms with Gasteiger partial charge in [-0.15, -0.1) is 0 Å². The fourth-order valence-corrected chi connectivity index (χ4v) is 4.36. The normalized spacial score (nSPS) is 31.2. The topological polar surface area (TPSA) is 12.0 Å². The maximum atomic E-state index is 3.78. The van der Waals surface area contributed by atoms with Crippen molar-refractivity contribution in [2.45, 2.75) is 25.2 Å². The third-order valence-corrected chi connectivity index (χ3v) is 5.04. The van der Waals surface area contributed by atoms with Crippen LogP contribution in [-0.4, -0.2) is 7.05 Å². The molecule has 1 aromatic rings. The summed E-state index contributed by atoms with van der Waals surface area (Å²) in [7, 11) is 1.97. The van der Waals surface area contributed by atoms with Crippen LogP contribution in [0, 0.1) is 11.8 Å². The van der Waals surface area contributed by atoms with Crippen LogP contribution in [-0.2, 0) is 0 Å². The molecule has 0 aromatic heterocycles. The molecule has 0 heterocycles. The Balaban J connectivity index is 1.90. The van der Waals surface area contributed by atoms with Gasteiger partial charge in [-0.1, -0.05) is 40.6 Å². The predicted octanol–water partition coefficient (Wildman–Crippen LogP) is 4.52. The van der Waals surface area contributed by atoms with Gasteiger partial charge in [-0.05, 0) is 46.9 Å². The summed E-state index contributed by atoms with van der Waals surface area (Å²) in [4.78, 5) is 0. The summed E-state index contributed by atoms with van der Waals surface area (Å²) in [6.45, 7) is 0. The Morgan fingerprint density at radius 2 is 1.94 bits per heavy atom. The third kappa shape index (κ3) is 1.93. The SMILES string of the molecule is CNc1ccc(C2C(Br)=CC3CCCC32)cc1. The Labute approximate surface area is 111 Å². The quantitative estimate of drug-likeness (QED) is 0.845. The summed E-state index contributed by atoms with van der Waals surface area (Å²) in [5, 5.41) is 3.18. The Kier molecular flexibility index (Phi) is 2.99. The highest BCUT2D eigenvalue weighted by atomic mass is 79.9. The second-order valence-corrected chi connectivity index (χ2v) is 6.08. The van der Waals surface area contributed by atoms with Gasteiger partial charge in [0.05, 0.1) is 0 Å². The molecule has 1 saturated carbocycles. The molecule has 1 nitrogen and oxygen atoms in total. The molecule has 1 fully saturated rings. The van der Waals surface area contributed by atoms with Gasteiger partial charge < -0.3 is 5.32 Å². The van der Waals surface area contributed by atoms with E-state index in [2.05, 4.69) is 51.6 Å². The number of allylic oxidation sites excluding steroid dienone is 2. The minimum absolute atomic E-state index is 0.605. The van der Waals surface area contributed by atoms with E-state index in [1.165, 1.54) is 35.0 Å². The number of rotatable bonds is 2. The second-order valence-electron chi connectivity index (χ2n) is 5.16. The molecule has 3 atom stereocenters. The molecule has 1 N–H and O–H groups in total. The van der Waals surface area contributed by atoms with Crippen LogP contribution in [0.2, 0.25) is 0 Å². The summed E-state index contributed by atoms with van der Waals surface area (Å²) in [6, 6.07) is 8.90. The first-order valence-corrected chi connectivity index (χ1v) is 7.24. The van der Waals surface area contributed by atoms with Crippen molar-refractivity contribution < 1.29 is 0 Å². The number of benzene rings is 1. The molecule has 2 aliphatic rings. The van der Waals surface area contributed by atoms with Gasteiger partial charge in [0.25, 0.3) is 0 Å². The highest BCUT2D eigenvalue weighted by Gasteiger charge is 2.39. The minimum Gasteiger partial charge on any atom is -0.388 e. The highest BCUT2D eigenvalue weighted by molar-refractivity contribution is 9.11. The zero-order chi connectivity index (χ0) is 11.8. The lowest BCUT2D eigenvalue weighted by atomic mass is 9.85. The first kappa shape index (κ1) is 11.3. The van der Waals surface area contributed by atoms with Crippen LogP contribution in [0.3, 0.4) is 0 Å². The third-order valence-electron chi connectivity index (χ3n) is 4.28. The molecule has 90 valence electrons. The summed E-state index contributed by atoms with van der Waals surface area (Å²) >= 11 is 3.78. The zero-order valence-electron chi connectivity index (χ0n) is 10.1. The molecule has 0 spiro atoms. The van der Waals surface area contributed by atoms with Crippen molar-refractivity contribution in [3.05, 3.63) is 40.4 Å². The van der Waals surface area contributed by atoms with E-state index in [1.807, 2.05) is 7.05 Å². The fourth-order valence-electron chi connectivity index (χ4n) is 3.41. The average molecular weight is 292 g/mol. The average Bonchev–Trinajstić information content (AvgIpc) is 2.89. The smallest absolute Gasteiger partial charge is 0.0337 e. The highest BCUT2D eigenvalue weighted by Crippen LogP contribution is 2.53. The molecule has 17 heavy (non-hydrogen) atoms. The van der Waals surface area contributed by atoms with Crippen molar-refractivity contribution in [2.24, 2.45) is 11.8 Å². The van der Waals surface area contributed by atoms with Crippen LogP contribution in [0.25, 0.3) is 0 Å². The summed E-state index contributed by atoms with van der Waals surface area (Å²) in [6.07, 6.45) is 6.62. The maximum Gasteiger partial charge on any atom is 0.0337 e. The van der Waals surface area contributed by atoms with Gasteiger partial charge in [0, 0.05) is 18.7 Å². The zero-order valence-corrected chi connectivity index (χ0v) is 11.7. The van der Waals surface area contributed by atoms with Crippen molar-refractivity contribution >= 4 is 21.6 Å². The van der Waals surface area contributed by atoms with Crippen molar-refractivity contribution in [3.63, 3.8) is 0 Å². The Bertz CT molecular complexity index is 435. The maximum absolute atomic E-state index is 3.78. The van der Waals surface area contributed by atoms with E-state index in [-0.39, 0.29) is 0 Å². The van der Waals surface area contributed by atoms with E-state index >= 15 is 0 Å². The van der Waals surface area contributed by atoms with Crippen LogP contribution in [0.4, 0.5) is 5.69 Å². The van der Waals surface area contributed by atoms with Gasteiger partial charge in [-0.2, -0.15) is 0 Å². The van der Waals surface area contributed by atoms with E-state index in [0.717, 1.165) is 11.8 Å². The van der Waals surface area contributed by atoms with Gasteiger partial charge >= 0.3 is 0 Å². The molecule has 0 saturated heterocycles. The number of hydrogen-bond donors (Lipinski definition) is 1. The summed E-state index contributed by atoms with van der Waals surface area (Å²) in [5.74, 6) is 2.26. The monoisotopic (exact) mass is 291 g/mol. The number of fused-ring (bicyclic) bond motifs is 1. The number of nitrogens with one attached hydrogen (secondary N) is 1. The molecule has 3 unspecified atom stereocenters. The van der Waals surface area contributed by atoms with E-state index in [1.54, 1.807) is 0 Å². The van der Waals surface area contributed by atoms with E-state index in [9.17, 15) is 0 Å². The molecule has 2 heteroatoms. The minimum atomic E-state index is 0.605. The molecule has 0 aliphatic heterocycles. The molecule has 0 amide bonds. The molecule has 1 aromatic carbocycles. The van der Waals surface area contributed by atoms with Crippen LogP contribution >= 0.6 is 15.9 Å². The Morgan fingerprint density at radius 3 is 2.65 bits per heavy atom. The predicted molar refractivity (Wildman–Crippen MR) is 76.6 cm³/mol. The molecule has 2 aliphatic carbocycles. The molecule has 0 bridgehead atoms. The van der Waals surface area contributed by atoms with Gasteiger partial charge in [-0.25, -0.2) is 0 Å². The van der Waals surface area contributed by atoms with Crippen LogP contribution in [0.5, 0.6) is 0 Å². The van der Waals surface area contributed by atoms with Crippen LogP contribution in [0.15, 0.2) is 34.8 Å². The van der Waals surface area contributed by atoms with Crippen LogP contribution in [0.1, 0.15) is 30.7 Å². The number of anilines is 1. The van der Waals surface area contributed by atoms with Gasteiger partial charge in [-0.3, -0.25) is 0 Å². The summed E-state index contributed by atoms with van der Waals surface area (Å²) < 4.78 is 1.41. The fraction of sp³-hybridized carbons (Fsp3) is 0.467. The van der Waals surface area contributed by atoms with Crippen LogP contribution < -0.4 is 5.32 Å². The van der Waals surface area contributed by atoms with E-state index in [0.29, 0.717) is 5.92 Å². The van der Waals surface area contributed by atoms with Crippen molar-refractivity contribution in [2.75, 3.05) is 12.4 Å². The van der Waals surface area contributed by atoms with E-state index in [4.69, 9.17) is 0 Å². The number of halogens is 1. The molecule has 0 radical (unpaired) electrons. The largest absolute Gasteiger partial charge is 0.388 e.